The van der Waals surface area contributed by atoms with Crippen LogP contribution in [0, 0.1) is 0 Å². The summed E-state index contributed by atoms with van der Waals surface area (Å²) < 4.78 is 22.2. The number of hydrogen-bond donors (Lipinski definition) is 2. The molecule has 2 aromatic carbocycles. The van der Waals surface area contributed by atoms with E-state index >= 15 is 0 Å². The number of amides is 1. The van der Waals surface area contributed by atoms with Gasteiger partial charge in [0, 0.05) is 22.6 Å². The molecule has 1 unspecified atom stereocenters. The van der Waals surface area contributed by atoms with Crippen LogP contribution in [0.4, 0.5) is 0 Å². The summed E-state index contributed by atoms with van der Waals surface area (Å²) in [6.07, 6.45) is 1.25. The van der Waals surface area contributed by atoms with Gasteiger partial charge in [0.05, 0.1) is 11.8 Å². The molecular formula is C18H23ClN2O3S2. The molecule has 8 heteroatoms. The van der Waals surface area contributed by atoms with Crippen LogP contribution in [0.5, 0.6) is 0 Å². The van der Waals surface area contributed by atoms with Crippen LogP contribution >= 0.6 is 24.2 Å². The van der Waals surface area contributed by atoms with Crippen LogP contribution in [0.2, 0.25) is 0 Å². The Morgan fingerprint density at radius 2 is 1.65 bits per heavy atom. The third-order valence-corrected chi connectivity index (χ3v) is 5.50. The number of nitrogens with two attached hydrogens (primary N) is 1. The molecule has 1 amide bonds. The van der Waals surface area contributed by atoms with Gasteiger partial charge in [-0.2, -0.15) is 0 Å². The van der Waals surface area contributed by atoms with Crippen molar-refractivity contribution in [1.29, 1.82) is 0 Å². The number of carbonyl (C=O) groups is 1. The molecule has 5 nitrogen and oxygen atoms in total. The largest absolute Gasteiger partial charge is 0.351 e. The first-order chi connectivity index (χ1) is 11.8. The molecule has 0 saturated heterocycles. The first kappa shape index (κ1) is 22.5. The van der Waals surface area contributed by atoms with E-state index in [0.29, 0.717) is 6.54 Å². The number of benzene rings is 2. The maximum Gasteiger partial charge on any atom is 0.237 e. The zero-order chi connectivity index (χ0) is 18.3. The van der Waals surface area contributed by atoms with Crippen molar-refractivity contribution in [1.82, 2.24) is 5.32 Å². The lowest BCUT2D eigenvalue weighted by Crippen LogP contribution is -2.41. The summed E-state index contributed by atoms with van der Waals surface area (Å²) in [6.45, 7) is 0.363. The Labute approximate surface area is 165 Å². The van der Waals surface area contributed by atoms with Crippen molar-refractivity contribution in [3.05, 3.63) is 60.2 Å². The second-order valence-electron chi connectivity index (χ2n) is 5.80. The molecule has 0 aliphatic carbocycles. The van der Waals surface area contributed by atoms with Gasteiger partial charge < -0.3 is 11.1 Å². The van der Waals surface area contributed by atoms with Crippen molar-refractivity contribution >= 4 is 39.9 Å². The fourth-order valence-corrected chi connectivity index (χ4v) is 3.61. The van der Waals surface area contributed by atoms with Crippen LogP contribution < -0.4 is 11.1 Å². The molecule has 0 spiro atoms. The molecule has 0 aliphatic heterocycles. The predicted octanol–water partition coefficient (Wildman–Crippen LogP) is 2.64. The minimum atomic E-state index is -3.11. The van der Waals surface area contributed by atoms with Crippen molar-refractivity contribution in [2.45, 2.75) is 28.8 Å². The highest BCUT2D eigenvalue weighted by Crippen LogP contribution is 2.27. The summed E-state index contributed by atoms with van der Waals surface area (Å²) in [5.74, 6) is -0.432. The maximum absolute atomic E-state index is 11.9. The Bertz CT molecular complexity index is 797. The lowest BCUT2D eigenvalue weighted by molar-refractivity contribution is -0.122. The summed E-state index contributed by atoms with van der Waals surface area (Å²) in [6, 6.07) is 17.2. The van der Waals surface area contributed by atoms with Crippen LogP contribution in [0.25, 0.3) is 0 Å². The Hall–Kier alpha value is -1.54. The number of carbonyl (C=O) groups excluding carboxylic acids is 1. The number of hydrogen-bond acceptors (Lipinski definition) is 5. The first-order valence-corrected chi connectivity index (χ1v) is 10.7. The molecule has 0 aliphatic rings. The summed E-state index contributed by atoms with van der Waals surface area (Å²) in [7, 11) is -3.11. The Morgan fingerprint density at radius 1 is 1.08 bits per heavy atom. The second kappa shape index (κ2) is 10.6. The second-order valence-corrected chi connectivity index (χ2v) is 9.21. The van der Waals surface area contributed by atoms with Crippen molar-refractivity contribution in [2.24, 2.45) is 5.73 Å². The van der Waals surface area contributed by atoms with E-state index in [9.17, 15) is 13.2 Å². The zero-order valence-corrected chi connectivity index (χ0v) is 16.9. The molecular weight excluding hydrogens is 392 g/mol. The van der Waals surface area contributed by atoms with E-state index < -0.39 is 15.9 Å². The van der Waals surface area contributed by atoms with Gasteiger partial charge in [-0.1, -0.05) is 42.1 Å². The van der Waals surface area contributed by atoms with E-state index in [0.717, 1.165) is 16.7 Å². The standard InChI is InChI=1S/C18H22N2O3S2.ClH/c1-25(22,23)12-11-17(19)18(21)20-13-14-7-9-16(10-8-14)24-15-5-3-2-4-6-15;/h2-10,17H,11-13,19H2,1H3,(H,20,21);1H. The summed E-state index contributed by atoms with van der Waals surface area (Å²) >= 11 is 1.67. The highest BCUT2D eigenvalue weighted by Gasteiger charge is 2.15. The molecule has 0 heterocycles. The molecule has 2 rings (SSSR count). The Morgan fingerprint density at radius 3 is 2.23 bits per heavy atom. The SMILES string of the molecule is CS(=O)(=O)CCC(N)C(=O)NCc1ccc(Sc2ccccc2)cc1.Cl. The van der Waals surface area contributed by atoms with E-state index in [1.807, 2.05) is 42.5 Å². The molecule has 3 N–H and O–H groups in total. The van der Waals surface area contributed by atoms with Gasteiger partial charge in [-0.05, 0) is 36.2 Å². The van der Waals surface area contributed by atoms with E-state index in [4.69, 9.17) is 5.73 Å². The third-order valence-electron chi connectivity index (χ3n) is 3.51. The molecule has 0 radical (unpaired) electrons. The molecule has 1 atom stereocenters. The first-order valence-electron chi connectivity index (χ1n) is 7.86. The molecule has 0 fully saturated rings. The predicted molar refractivity (Wildman–Crippen MR) is 108 cm³/mol. The van der Waals surface area contributed by atoms with Crippen molar-refractivity contribution in [3.63, 3.8) is 0 Å². The number of sulfone groups is 1. The lowest BCUT2D eigenvalue weighted by atomic mass is 10.2. The molecule has 0 bridgehead atoms. The maximum atomic E-state index is 11.9. The highest BCUT2D eigenvalue weighted by molar-refractivity contribution is 7.99. The molecule has 0 saturated carbocycles. The summed E-state index contributed by atoms with van der Waals surface area (Å²) in [4.78, 5) is 14.2. The van der Waals surface area contributed by atoms with Crippen molar-refractivity contribution in [3.8, 4) is 0 Å². The minimum absolute atomic E-state index is 0. The quantitative estimate of drug-likeness (QED) is 0.693. The highest BCUT2D eigenvalue weighted by atomic mass is 35.5. The topological polar surface area (TPSA) is 89.3 Å². The molecule has 142 valence electrons. The van der Waals surface area contributed by atoms with E-state index in [1.165, 1.54) is 4.90 Å². The summed E-state index contributed by atoms with van der Waals surface area (Å²) in [5.41, 5.74) is 6.68. The van der Waals surface area contributed by atoms with E-state index in [2.05, 4.69) is 17.4 Å². The van der Waals surface area contributed by atoms with E-state index in [-0.39, 0.29) is 30.5 Å². The fraction of sp³-hybridized carbons (Fsp3) is 0.278. The lowest BCUT2D eigenvalue weighted by Gasteiger charge is -2.12. The smallest absolute Gasteiger partial charge is 0.237 e. The zero-order valence-electron chi connectivity index (χ0n) is 14.4. The van der Waals surface area contributed by atoms with Gasteiger partial charge in [0.25, 0.3) is 0 Å². The van der Waals surface area contributed by atoms with Crippen LogP contribution in [0.15, 0.2) is 64.4 Å². The average molecular weight is 415 g/mol. The number of halogens is 1. The Balaban J connectivity index is 0.00000338. The van der Waals surface area contributed by atoms with Gasteiger partial charge in [-0.25, -0.2) is 8.42 Å². The average Bonchev–Trinajstić information content (AvgIpc) is 2.59. The van der Waals surface area contributed by atoms with Crippen LogP contribution in [-0.2, 0) is 21.2 Å². The molecule has 26 heavy (non-hydrogen) atoms. The van der Waals surface area contributed by atoms with Gasteiger partial charge in [-0.15, -0.1) is 12.4 Å². The fourth-order valence-electron chi connectivity index (χ4n) is 2.09. The monoisotopic (exact) mass is 414 g/mol. The van der Waals surface area contributed by atoms with Crippen molar-refractivity contribution in [2.75, 3.05) is 12.0 Å². The van der Waals surface area contributed by atoms with Crippen molar-refractivity contribution < 1.29 is 13.2 Å². The van der Waals surface area contributed by atoms with Gasteiger partial charge >= 0.3 is 0 Å². The molecule has 0 aromatic heterocycles. The van der Waals surface area contributed by atoms with Crippen LogP contribution in [0.1, 0.15) is 12.0 Å². The van der Waals surface area contributed by atoms with Crippen LogP contribution in [-0.4, -0.2) is 32.4 Å². The summed E-state index contributed by atoms with van der Waals surface area (Å²) in [5, 5.41) is 2.74. The number of nitrogens with one attached hydrogen (secondary N) is 1. The van der Waals surface area contributed by atoms with Crippen LogP contribution in [0.3, 0.4) is 0 Å². The van der Waals surface area contributed by atoms with Gasteiger partial charge in [0.2, 0.25) is 5.91 Å². The third kappa shape index (κ3) is 8.23. The number of rotatable bonds is 8. The normalized spacial score (nSPS) is 12.1. The van der Waals surface area contributed by atoms with Gasteiger partial charge in [0.15, 0.2) is 0 Å². The Kier molecular flexibility index (Phi) is 9.15. The van der Waals surface area contributed by atoms with Gasteiger partial charge in [-0.3, -0.25) is 4.79 Å². The van der Waals surface area contributed by atoms with Gasteiger partial charge in [0.1, 0.15) is 9.84 Å². The van der Waals surface area contributed by atoms with E-state index in [1.54, 1.807) is 11.8 Å². The molecule has 2 aromatic rings. The minimum Gasteiger partial charge on any atom is -0.351 e.